The number of thioether (sulfide) groups is 1. The molecule has 1 saturated heterocycles. The Kier molecular flexibility index (Phi) is 6.23. The van der Waals surface area contributed by atoms with Crippen LogP contribution < -0.4 is 11.1 Å². The van der Waals surface area contributed by atoms with Crippen LogP contribution >= 0.6 is 23.4 Å². The second-order valence-corrected chi connectivity index (χ2v) is 8.61. The van der Waals surface area contributed by atoms with Gasteiger partial charge in [-0.25, -0.2) is 8.42 Å². The van der Waals surface area contributed by atoms with Crippen LogP contribution in [0.15, 0.2) is 0 Å². The second kappa shape index (κ2) is 6.98. The molecule has 3 atom stereocenters. The van der Waals surface area contributed by atoms with Crippen LogP contribution in [0.2, 0.25) is 0 Å². The van der Waals surface area contributed by atoms with Crippen LogP contribution in [0.3, 0.4) is 0 Å². The topological polar surface area (TPSA) is 89.3 Å². The Morgan fingerprint density at radius 2 is 2.22 bits per heavy atom. The monoisotopic (exact) mass is 314 g/mol. The molecule has 1 rings (SSSR count). The molecule has 1 amide bonds. The van der Waals surface area contributed by atoms with E-state index in [2.05, 4.69) is 5.32 Å². The number of hydrogen-bond donors (Lipinski definition) is 2. The van der Waals surface area contributed by atoms with Gasteiger partial charge in [-0.1, -0.05) is 6.92 Å². The predicted molar refractivity (Wildman–Crippen MR) is 75.8 cm³/mol. The van der Waals surface area contributed by atoms with Crippen molar-refractivity contribution in [1.82, 2.24) is 5.32 Å². The van der Waals surface area contributed by atoms with Gasteiger partial charge in [0.1, 0.15) is 0 Å². The molecule has 0 aromatic heterocycles. The Labute approximate surface area is 117 Å². The Bertz CT molecular complexity index is 389. The van der Waals surface area contributed by atoms with E-state index in [4.69, 9.17) is 17.3 Å². The molecule has 1 fully saturated rings. The number of nitrogens with two attached hydrogens (primary N) is 1. The third-order valence-electron chi connectivity index (χ3n) is 2.70. The molecule has 0 aromatic rings. The summed E-state index contributed by atoms with van der Waals surface area (Å²) < 4.78 is 22.7. The van der Waals surface area contributed by atoms with E-state index in [0.717, 1.165) is 6.42 Å². The highest BCUT2D eigenvalue weighted by Gasteiger charge is 2.37. The van der Waals surface area contributed by atoms with Crippen molar-refractivity contribution in [3.8, 4) is 0 Å². The number of carbonyl (C=O) groups is 1. The van der Waals surface area contributed by atoms with E-state index < -0.39 is 21.3 Å². The molecule has 0 radical (unpaired) electrons. The summed E-state index contributed by atoms with van der Waals surface area (Å²) in [5, 5.41) is 2.48. The summed E-state index contributed by atoms with van der Waals surface area (Å²) >= 11 is 7.41. The second-order valence-electron chi connectivity index (χ2n) is 4.47. The lowest BCUT2D eigenvalue weighted by molar-refractivity contribution is -0.119. The van der Waals surface area contributed by atoms with Gasteiger partial charge in [0.15, 0.2) is 9.84 Å². The number of rotatable bonds is 6. The summed E-state index contributed by atoms with van der Waals surface area (Å²) in [6.45, 7) is 2.61. The van der Waals surface area contributed by atoms with Crippen molar-refractivity contribution in [1.29, 1.82) is 0 Å². The lowest BCUT2D eigenvalue weighted by Crippen LogP contribution is -2.41. The van der Waals surface area contributed by atoms with E-state index in [1.54, 1.807) is 0 Å². The van der Waals surface area contributed by atoms with Gasteiger partial charge in [0.25, 0.3) is 0 Å². The highest BCUT2D eigenvalue weighted by atomic mass is 35.5. The van der Waals surface area contributed by atoms with Crippen molar-refractivity contribution in [2.75, 3.05) is 23.8 Å². The van der Waals surface area contributed by atoms with Gasteiger partial charge in [0.2, 0.25) is 5.91 Å². The van der Waals surface area contributed by atoms with Gasteiger partial charge < -0.3 is 11.1 Å². The van der Waals surface area contributed by atoms with E-state index in [1.165, 1.54) is 11.8 Å². The minimum Gasteiger partial charge on any atom is -0.350 e. The molecule has 1 aliphatic heterocycles. The summed E-state index contributed by atoms with van der Waals surface area (Å²) in [5.74, 6) is 0.0182. The Morgan fingerprint density at radius 1 is 1.56 bits per heavy atom. The lowest BCUT2D eigenvalue weighted by atomic mass is 10.2. The van der Waals surface area contributed by atoms with Gasteiger partial charge in [0, 0.05) is 5.25 Å². The van der Waals surface area contributed by atoms with E-state index in [9.17, 15) is 13.2 Å². The number of alkyl halides is 1. The predicted octanol–water partition coefficient (Wildman–Crippen LogP) is -0.0225. The Morgan fingerprint density at radius 3 is 2.72 bits per heavy atom. The Balaban J connectivity index is 2.33. The van der Waals surface area contributed by atoms with Crippen molar-refractivity contribution < 1.29 is 13.2 Å². The molecule has 18 heavy (non-hydrogen) atoms. The average molecular weight is 315 g/mol. The van der Waals surface area contributed by atoms with Crippen LogP contribution in [-0.2, 0) is 14.6 Å². The summed E-state index contributed by atoms with van der Waals surface area (Å²) in [4.78, 5) is 11.6. The van der Waals surface area contributed by atoms with Crippen LogP contribution in [0.1, 0.15) is 13.3 Å². The minimum atomic E-state index is -3.10. The highest BCUT2D eigenvalue weighted by molar-refractivity contribution is 8.00. The maximum Gasteiger partial charge on any atom is 0.230 e. The SMILES string of the molecule is CC(CCN)SCC(=O)NC1CS(=O)(=O)CC1Cl. The molecular formula is C10H19ClN2O3S2. The molecule has 106 valence electrons. The van der Waals surface area contributed by atoms with Crippen molar-refractivity contribution in [3.05, 3.63) is 0 Å². The van der Waals surface area contributed by atoms with Crippen molar-refractivity contribution in [3.63, 3.8) is 0 Å². The smallest absolute Gasteiger partial charge is 0.230 e. The molecule has 3 N–H and O–H groups in total. The van der Waals surface area contributed by atoms with Crippen molar-refractivity contribution in [2.24, 2.45) is 5.73 Å². The molecule has 0 spiro atoms. The van der Waals surface area contributed by atoms with Crippen molar-refractivity contribution >= 4 is 39.1 Å². The van der Waals surface area contributed by atoms with Gasteiger partial charge >= 0.3 is 0 Å². The molecule has 1 heterocycles. The summed E-state index contributed by atoms with van der Waals surface area (Å²) in [5.41, 5.74) is 5.42. The Hall–Kier alpha value is 0.0200. The zero-order valence-corrected chi connectivity index (χ0v) is 12.7. The van der Waals surface area contributed by atoms with E-state index in [0.29, 0.717) is 17.5 Å². The molecule has 5 nitrogen and oxygen atoms in total. The van der Waals surface area contributed by atoms with Crippen molar-refractivity contribution in [2.45, 2.75) is 30.0 Å². The van der Waals surface area contributed by atoms with Crippen LogP contribution in [0, 0.1) is 0 Å². The lowest BCUT2D eigenvalue weighted by Gasteiger charge is -2.15. The third-order valence-corrected chi connectivity index (χ3v) is 6.31. The number of hydrogen-bond acceptors (Lipinski definition) is 5. The number of carbonyl (C=O) groups excluding carboxylic acids is 1. The molecule has 3 unspecified atom stereocenters. The first-order chi connectivity index (χ1) is 8.34. The summed E-state index contributed by atoms with van der Waals surface area (Å²) in [6, 6.07) is -0.463. The third kappa shape index (κ3) is 5.34. The first-order valence-electron chi connectivity index (χ1n) is 5.79. The first-order valence-corrected chi connectivity index (χ1v) is 9.10. The van der Waals surface area contributed by atoms with Gasteiger partial charge in [-0.2, -0.15) is 0 Å². The van der Waals surface area contributed by atoms with Gasteiger partial charge in [-0.3, -0.25) is 4.79 Å². The fourth-order valence-electron chi connectivity index (χ4n) is 1.72. The van der Waals surface area contributed by atoms with E-state index >= 15 is 0 Å². The fourth-order valence-corrected chi connectivity index (χ4v) is 5.09. The zero-order chi connectivity index (χ0) is 13.8. The van der Waals surface area contributed by atoms with Gasteiger partial charge in [-0.15, -0.1) is 23.4 Å². The largest absolute Gasteiger partial charge is 0.350 e. The first kappa shape index (κ1) is 16.1. The minimum absolute atomic E-state index is 0.0593. The molecule has 1 aliphatic rings. The maximum absolute atomic E-state index is 11.6. The normalized spacial score (nSPS) is 27.9. The maximum atomic E-state index is 11.6. The summed E-state index contributed by atoms with van der Waals surface area (Å²) in [7, 11) is -3.10. The highest BCUT2D eigenvalue weighted by Crippen LogP contribution is 2.18. The standard InChI is InChI=1S/C10H19ClN2O3S2/c1-7(2-3-12)17-4-10(14)13-9-6-18(15,16)5-8(9)11/h7-9H,2-6,12H2,1H3,(H,13,14). The molecule has 0 bridgehead atoms. The quantitative estimate of drug-likeness (QED) is 0.672. The molecular weight excluding hydrogens is 296 g/mol. The zero-order valence-electron chi connectivity index (χ0n) is 10.3. The van der Waals surface area contributed by atoms with Gasteiger partial charge in [-0.05, 0) is 13.0 Å². The van der Waals surface area contributed by atoms with Gasteiger partial charge in [0.05, 0.1) is 28.7 Å². The van der Waals surface area contributed by atoms with E-state index in [-0.39, 0.29) is 17.4 Å². The molecule has 8 heteroatoms. The molecule has 0 saturated carbocycles. The van der Waals surface area contributed by atoms with Crippen LogP contribution in [0.4, 0.5) is 0 Å². The number of nitrogens with one attached hydrogen (secondary N) is 1. The molecule has 0 aromatic carbocycles. The van der Waals surface area contributed by atoms with Crippen LogP contribution in [0.25, 0.3) is 0 Å². The summed E-state index contributed by atoms with van der Waals surface area (Å²) in [6.07, 6.45) is 0.855. The number of sulfone groups is 1. The fraction of sp³-hybridized carbons (Fsp3) is 0.900. The molecule has 0 aliphatic carbocycles. The average Bonchev–Trinajstić information content (AvgIpc) is 2.49. The van der Waals surface area contributed by atoms with Crippen LogP contribution in [-0.4, -0.2) is 54.8 Å². The van der Waals surface area contributed by atoms with Crippen LogP contribution in [0.5, 0.6) is 0 Å². The number of amides is 1. The van der Waals surface area contributed by atoms with E-state index in [1.807, 2.05) is 6.92 Å². The number of halogens is 1.